The second kappa shape index (κ2) is 14.1. The third-order valence-corrected chi connectivity index (χ3v) is 11.7. The van der Waals surface area contributed by atoms with E-state index in [0.29, 0.717) is 0 Å². The molecule has 0 amide bonds. The highest BCUT2D eigenvalue weighted by atomic mass is 16.5. The quantitative estimate of drug-likeness (QED) is 0.151. The third kappa shape index (κ3) is 5.90. The molecule has 3 heteroatoms. The van der Waals surface area contributed by atoms with Gasteiger partial charge in [-0.3, -0.25) is 0 Å². The van der Waals surface area contributed by atoms with E-state index in [9.17, 15) is 0 Å². The van der Waals surface area contributed by atoms with Gasteiger partial charge in [-0.05, 0) is 125 Å². The zero-order chi connectivity index (χ0) is 39.5. The fraction of sp³-hybridized carbons (Fsp3) is 0.0357. The van der Waals surface area contributed by atoms with Crippen LogP contribution in [0.15, 0.2) is 206 Å². The molecule has 0 atom stereocenters. The van der Waals surface area contributed by atoms with Gasteiger partial charge in [0.2, 0.25) is 0 Å². The molecule has 11 rings (SSSR count). The van der Waals surface area contributed by atoms with Gasteiger partial charge in [0.25, 0.3) is 0 Å². The minimum atomic E-state index is 0.850. The molecule has 10 aromatic carbocycles. The lowest BCUT2D eigenvalue weighted by molar-refractivity contribution is 0.487. The molecule has 1 aliphatic rings. The molecule has 1 aliphatic heterocycles. The molecule has 0 aliphatic carbocycles. The summed E-state index contributed by atoms with van der Waals surface area (Å²) in [6, 6.07) is 74.3. The Morgan fingerprint density at radius 2 is 0.898 bits per heavy atom. The van der Waals surface area contributed by atoms with E-state index < -0.39 is 0 Å². The molecular weight excluding hydrogens is 717 g/mol. The van der Waals surface area contributed by atoms with Crippen LogP contribution in [0.25, 0.3) is 54.6 Å². The summed E-state index contributed by atoms with van der Waals surface area (Å²) < 4.78 is 6.99. The number of hydrogen-bond acceptors (Lipinski definition) is 3. The first kappa shape index (κ1) is 34.6. The van der Waals surface area contributed by atoms with Crippen LogP contribution < -0.4 is 14.5 Å². The zero-order valence-corrected chi connectivity index (χ0v) is 32.9. The molecule has 0 unspecified atom stereocenters. The fourth-order valence-electron chi connectivity index (χ4n) is 9.05. The average molecular weight is 757 g/mol. The largest absolute Gasteiger partial charge is 0.456 e. The number of anilines is 6. The van der Waals surface area contributed by atoms with Crippen LogP contribution in [0.2, 0.25) is 0 Å². The maximum Gasteiger partial charge on any atom is 0.137 e. The number of ether oxygens (including phenoxy) is 1. The third-order valence-electron chi connectivity index (χ3n) is 11.7. The van der Waals surface area contributed by atoms with Crippen molar-refractivity contribution in [1.82, 2.24) is 0 Å². The van der Waals surface area contributed by atoms with E-state index in [2.05, 4.69) is 230 Å². The Hall–Kier alpha value is -7.62. The van der Waals surface area contributed by atoms with Crippen LogP contribution >= 0.6 is 0 Å². The molecular formula is C56H40N2O. The van der Waals surface area contributed by atoms with Gasteiger partial charge in [0.15, 0.2) is 0 Å². The topological polar surface area (TPSA) is 15.7 Å². The predicted molar refractivity (Wildman–Crippen MR) is 249 cm³/mol. The van der Waals surface area contributed by atoms with Crippen molar-refractivity contribution in [2.24, 2.45) is 0 Å². The van der Waals surface area contributed by atoms with Crippen LogP contribution in [0.4, 0.5) is 34.1 Å². The summed E-state index contributed by atoms with van der Waals surface area (Å²) in [7, 11) is 0. The van der Waals surface area contributed by atoms with Crippen LogP contribution in [-0.2, 0) is 0 Å². The highest BCUT2D eigenvalue weighted by molar-refractivity contribution is 6.26. The minimum absolute atomic E-state index is 0.850. The molecule has 0 saturated heterocycles. The molecule has 1 heterocycles. The average Bonchev–Trinajstić information content (AvgIpc) is 3.28. The number of benzene rings is 10. The minimum Gasteiger partial charge on any atom is -0.456 e. The Morgan fingerprint density at radius 3 is 1.59 bits per heavy atom. The molecule has 0 saturated carbocycles. The highest BCUT2D eigenvalue weighted by Crippen LogP contribution is 2.53. The van der Waals surface area contributed by atoms with Gasteiger partial charge in [-0.25, -0.2) is 0 Å². The van der Waals surface area contributed by atoms with Crippen LogP contribution in [0.5, 0.6) is 11.5 Å². The van der Waals surface area contributed by atoms with Crippen molar-refractivity contribution in [2.75, 3.05) is 9.80 Å². The lowest BCUT2D eigenvalue weighted by Crippen LogP contribution is -2.12. The summed E-state index contributed by atoms with van der Waals surface area (Å²) in [6.07, 6.45) is 0. The van der Waals surface area contributed by atoms with E-state index in [1.807, 2.05) is 0 Å². The van der Waals surface area contributed by atoms with Crippen molar-refractivity contribution in [1.29, 1.82) is 0 Å². The van der Waals surface area contributed by atoms with E-state index >= 15 is 0 Å². The van der Waals surface area contributed by atoms with Crippen LogP contribution in [0.3, 0.4) is 0 Å². The molecule has 0 bridgehead atoms. The normalized spacial score (nSPS) is 11.7. The Balaban J connectivity index is 1.17. The highest BCUT2D eigenvalue weighted by Gasteiger charge is 2.27. The number of para-hydroxylation sites is 4. The molecule has 59 heavy (non-hydrogen) atoms. The van der Waals surface area contributed by atoms with E-state index in [4.69, 9.17) is 4.74 Å². The fourth-order valence-corrected chi connectivity index (χ4v) is 9.05. The standard InChI is InChI=1S/C56H40N2O/c1-37-27-29-45-47(31-37)48-35-51-46-30-28-43(57(40-19-9-4-10-20-40)41-21-11-5-12-22-41)34-54(46)59-55-33-38(2)32-50(56(51)55)49(48)36-53(45)58(42-23-13-6-14-24-42)52-26-16-15-25-44(52)39-17-7-3-8-18-39/h3-36H,1-2H3. The van der Waals surface area contributed by atoms with Crippen molar-refractivity contribution in [3.63, 3.8) is 0 Å². The van der Waals surface area contributed by atoms with Gasteiger partial charge in [0.05, 0.1) is 11.4 Å². The second-order valence-corrected chi connectivity index (χ2v) is 15.5. The maximum atomic E-state index is 6.99. The number of rotatable bonds is 7. The van der Waals surface area contributed by atoms with Crippen LogP contribution in [-0.4, -0.2) is 0 Å². The lowest BCUT2D eigenvalue weighted by Gasteiger charge is -2.30. The Morgan fingerprint density at radius 1 is 0.322 bits per heavy atom. The summed E-state index contributed by atoms with van der Waals surface area (Å²) in [5, 5.41) is 7.16. The van der Waals surface area contributed by atoms with Crippen molar-refractivity contribution < 1.29 is 4.74 Å². The first-order chi connectivity index (χ1) is 29.1. The Bertz CT molecular complexity index is 3160. The summed E-state index contributed by atoms with van der Waals surface area (Å²) in [5.41, 5.74) is 13.6. The van der Waals surface area contributed by atoms with Crippen LogP contribution in [0, 0.1) is 13.8 Å². The van der Waals surface area contributed by atoms with Crippen molar-refractivity contribution in [3.05, 3.63) is 217 Å². The monoisotopic (exact) mass is 756 g/mol. The van der Waals surface area contributed by atoms with Crippen molar-refractivity contribution in [3.8, 4) is 33.8 Å². The van der Waals surface area contributed by atoms with E-state index in [1.165, 1.54) is 49.2 Å². The number of hydrogen-bond donors (Lipinski definition) is 0. The number of nitrogens with zero attached hydrogens (tertiary/aromatic N) is 2. The number of fused-ring (bicyclic) bond motifs is 6. The van der Waals surface area contributed by atoms with E-state index in [0.717, 1.165) is 62.1 Å². The van der Waals surface area contributed by atoms with Gasteiger partial charge in [0, 0.05) is 50.7 Å². The molecule has 0 radical (unpaired) electrons. The molecule has 280 valence electrons. The molecule has 0 aromatic heterocycles. The summed E-state index contributed by atoms with van der Waals surface area (Å²) >= 11 is 0. The van der Waals surface area contributed by atoms with Gasteiger partial charge in [-0.1, -0.05) is 133 Å². The number of aryl methyl sites for hydroxylation is 2. The van der Waals surface area contributed by atoms with Crippen molar-refractivity contribution in [2.45, 2.75) is 13.8 Å². The van der Waals surface area contributed by atoms with E-state index in [-0.39, 0.29) is 0 Å². The Labute approximate surface area is 344 Å². The van der Waals surface area contributed by atoms with E-state index in [1.54, 1.807) is 0 Å². The molecule has 10 aromatic rings. The molecule has 0 fully saturated rings. The maximum absolute atomic E-state index is 6.99. The SMILES string of the molecule is Cc1ccc2c(N(c3ccccc3)c3ccccc3-c3ccccc3)cc3c4cc(C)cc5c4c(cc3c2c1)-c1ccc(N(c2ccccc2)c2ccccc2)cc1O5. The first-order valence-electron chi connectivity index (χ1n) is 20.3. The smallest absolute Gasteiger partial charge is 0.137 e. The molecule has 3 nitrogen and oxygen atoms in total. The zero-order valence-electron chi connectivity index (χ0n) is 32.9. The van der Waals surface area contributed by atoms with Gasteiger partial charge in [-0.15, -0.1) is 0 Å². The first-order valence-corrected chi connectivity index (χ1v) is 20.3. The van der Waals surface area contributed by atoms with Gasteiger partial charge in [0.1, 0.15) is 11.5 Å². The summed E-state index contributed by atoms with van der Waals surface area (Å²) in [6.45, 7) is 4.37. The van der Waals surface area contributed by atoms with Gasteiger partial charge in [-0.2, -0.15) is 0 Å². The Kier molecular flexibility index (Phi) is 8.27. The molecule has 0 spiro atoms. The lowest BCUT2D eigenvalue weighted by atomic mass is 9.87. The second-order valence-electron chi connectivity index (χ2n) is 15.5. The predicted octanol–water partition coefficient (Wildman–Crippen LogP) is 16.1. The summed E-state index contributed by atoms with van der Waals surface area (Å²) in [5.74, 6) is 1.73. The van der Waals surface area contributed by atoms with Gasteiger partial charge < -0.3 is 14.5 Å². The van der Waals surface area contributed by atoms with Crippen LogP contribution in [0.1, 0.15) is 11.1 Å². The summed E-state index contributed by atoms with van der Waals surface area (Å²) in [4.78, 5) is 4.73. The van der Waals surface area contributed by atoms with Crippen molar-refractivity contribution >= 4 is 66.4 Å². The van der Waals surface area contributed by atoms with Gasteiger partial charge >= 0.3 is 0 Å². The molecule has 0 N–H and O–H groups in total.